The number of rotatable bonds is 5. The SMILES string of the molecule is O[C@@H]1C[C@@H]2C[C@]2(Cn2cnc3c(NCc4cccc(I)c4)nc(Cl)nc32)[C@@H]1O. The van der Waals surface area contributed by atoms with Crippen LogP contribution in [0.15, 0.2) is 30.6 Å². The normalized spacial score (nSPS) is 28.5. The first-order chi connectivity index (χ1) is 13.5. The zero-order valence-electron chi connectivity index (χ0n) is 14.9. The molecule has 9 heteroatoms. The van der Waals surface area contributed by atoms with Gasteiger partial charge in [-0.05, 0) is 70.6 Å². The fourth-order valence-electron chi connectivity index (χ4n) is 4.48. The average Bonchev–Trinajstić information content (AvgIpc) is 3.11. The molecule has 0 unspecified atom stereocenters. The van der Waals surface area contributed by atoms with E-state index in [0.717, 1.165) is 12.0 Å². The predicted octanol–water partition coefficient (Wildman–Crippen LogP) is 2.83. The van der Waals surface area contributed by atoms with Gasteiger partial charge in [-0.1, -0.05) is 12.1 Å². The average molecular weight is 512 g/mol. The molecule has 2 saturated carbocycles. The minimum atomic E-state index is -0.703. The molecule has 2 aliphatic rings. The molecule has 146 valence electrons. The first-order valence-electron chi connectivity index (χ1n) is 9.19. The van der Waals surface area contributed by atoms with E-state index in [4.69, 9.17) is 11.6 Å². The molecule has 3 aromatic rings. The number of nitrogens with one attached hydrogen (secondary N) is 1. The van der Waals surface area contributed by atoms with Crippen LogP contribution in [0.1, 0.15) is 18.4 Å². The van der Waals surface area contributed by atoms with Gasteiger partial charge in [0.05, 0.1) is 18.5 Å². The van der Waals surface area contributed by atoms with E-state index in [9.17, 15) is 10.2 Å². The van der Waals surface area contributed by atoms with Gasteiger partial charge < -0.3 is 20.1 Å². The Morgan fingerprint density at radius 2 is 2.18 bits per heavy atom. The van der Waals surface area contributed by atoms with Gasteiger partial charge in [-0.3, -0.25) is 0 Å². The quantitative estimate of drug-likeness (QED) is 0.360. The summed E-state index contributed by atoms with van der Waals surface area (Å²) in [6.45, 7) is 1.17. The molecule has 4 atom stereocenters. The second-order valence-electron chi connectivity index (χ2n) is 7.75. The van der Waals surface area contributed by atoms with Crippen LogP contribution in [-0.2, 0) is 13.1 Å². The first-order valence-corrected chi connectivity index (χ1v) is 10.6. The Morgan fingerprint density at radius 1 is 1.32 bits per heavy atom. The van der Waals surface area contributed by atoms with Crippen LogP contribution in [-0.4, -0.2) is 41.9 Å². The molecular formula is C19H19ClIN5O2. The highest BCUT2D eigenvalue weighted by Gasteiger charge is 2.66. The van der Waals surface area contributed by atoms with Crippen LogP contribution in [0.5, 0.6) is 0 Å². The molecule has 1 aromatic carbocycles. The van der Waals surface area contributed by atoms with Gasteiger partial charge >= 0.3 is 0 Å². The number of imidazole rings is 1. The van der Waals surface area contributed by atoms with E-state index in [-0.39, 0.29) is 10.7 Å². The van der Waals surface area contributed by atoms with Crippen LogP contribution in [0.4, 0.5) is 5.82 Å². The topological polar surface area (TPSA) is 96.1 Å². The molecule has 0 amide bonds. The number of aliphatic hydroxyl groups is 2. The van der Waals surface area contributed by atoms with Crippen LogP contribution in [0.3, 0.4) is 0 Å². The second kappa shape index (κ2) is 6.79. The number of anilines is 1. The van der Waals surface area contributed by atoms with Crippen molar-refractivity contribution in [1.82, 2.24) is 19.5 Å². The highest BCUT2D eigenvalue weighted by Crippen LogP contribution is 2.64. The van der Waals surface area contributed by atoms with Crippen LogP contribution in [0.25, 0.3) is 11.2 Å². The molecular weight excluding hydrogens is 493 g/mol. The Balaban J connectivity index is 1.43. The van der Waals surface area contributed by atoms with Gasteiger partial charge in [0, 0.05) is 22.1 Å². The van der Waals surface area contributed by atoms with E-state index in [0.29, 0.717) is 42.4 Å². The molecule has 0 radical (unpaired) electrons. The number of nitrogens with zero attached hydrogens (tertiary/aromatic N) is 4. The van der Waals surface area contributed by atoms with Gasteiger partial charge in [0.15, 0.2) is 17.0 Å². The lowest BCUT2D eigenvalue weighted by atomic mass is 9.99. The van der Waals surface area contributed by atoms with E-state index in [1.165, 1.54) is 3.57 Å². The summed E-state index contributed by atoms with van der Waals surface area (Å²) < 4.78 is 3.09. The summed E-state index contributed by atoms with van der Waals surface area (Å²) in [4.78, 5) is 13.2. The van der Waals surface area contributed by atoms with Gasteiger partial charge in [-0.15, -0.1) is 0 Å². The smallest absolute Gasteiger partial charge is 0.226 e. The number of halogens is 2. The predicted molar refractivity (Wildman–Crippen MR) is 114 cm³/mol. The van der Waals surface area contributed by atoms with Crippen LogP contribution >= 0.6 is 34.2 Å². The van der Waals surface area contributed by atoms with Gasteiger partial charge in [-0.2, -0.15) is 9.97 Å². The maximum atomic E-state index is 10.4. The maximum Gasteiger partial charge on any atom is 0.226 e. The van der Waals surface area contributed by atoms with Crippen LogP contribution in [0, 0.1) is 14.9 Å². The minimum absolute atomic E-state index is 0.149. The summed E-state index contributed by atoms with van der Waals surface area (Å²) in [6.07, 6.45) is 1.95. The molecule has 2 aromatic heterocycles. The van der Waals surface area contributed by atoms with Gasteiger partial charge in [0.2, 0.25) is 5.28 Å². The van der Waals surface area contributed by atoms with Crippen LogP contribution < -0.4 is 5.32 Å². The lowest BCUT2D eigenvalue weighted by Crippen LogP contribution is -2.32. The molecule has 0 saturated heterocycles. The lowest BCUT2D eigenvalue weighted by Gasteiger charge is -2.21. The van der Waals surface area contributed by atoms with Gasteiger partial charge in [-0.25, -0.2) is 4.98 Å². The van der Waals surface area contributed by atoms with E-state index in [1.54, 1.807) is 6.33 Å². The number of aliphatic hydroxyl groups excluding tert-OH is 2. The standard InChI is InChI=1S/C19H19ClIN5O2/c20-18-24-16(22-7-10-2-1-3-12(21)4-10)14-17(25-18)26(9-23-14)8-19-6-11(19)5-13(27)15(19)28/h1-4,9,11,13,15,27-28H,5-8H2,(H,22,24,25)/t11-,13-,15-,19-/m1/s1. The van der Waals surface area contributed by atoms with E-state index in [1.807, 2.05) is 22.8 Å². The van der Waals surface area contributed by atoms with Crippen molar-refractivity contribution in [3.63, 3.8) is 0 Å². The van der Waals surface area contributed by atoms with Crippen molar-refractivity contribution in [2.75, 3.05) is 5.32 Å². The molecule has 2 heterocycles. The summed E-state index contributed by atoms with van der Waals surface area (Å²) in [5, 5.41) is 23.8. The van der Waals surface area contributed by atoms with Crippen molar-refractivity contribution in [3.05, 3.63) is 45.0 Å². The van der Waals surface area contributed by atoms with Crippen LogP contribution in [0.2, 0.25) is 5.28 Å². The third kappa shape index (κ3) is 3.06. The summed E-state index contributed by atoms with van der Waals surface area (Å²) in [6, 6.07) is 8.21. The van der Waals surface area contributed by atoms with Crippen molar-refractivity contribution in [2.24, 2.45) is 11.3 Å². The van der Waals surface area contributed by atoms with Crippen molar-refractivity contribution in [3.8, 4) is 0 Å². The molecule has 2 fully saturated rings. The Labute approximate surface area is 180 Å². The number of aromatic nitrogens is 4. The molecule has 0 bridgehead atoms. The van der Waals surface area contributed by atoms with Crippen molar-refractivity contribution in [1.29, 1.82) is 0 Å². The van der Waals surface area contributed by atoms with Gasteiger partial charge in [0.1, 0.15) is 0 Å². The van der Waals surface area contributed by atoms with E-state index in [2.05, 4.69) is 48.9 Å². The second-order valence-corrected chi connectivity index (χ2v) is 9.34. The van der Waals surface area contributed by atoms with Gasteiger partial charge in [0.25, 0.3) is 0 Å². The number of hydrogen-bond acceptors (Lipinski definition) is 6. The third-order valence-electron chi connectivity index (χ3n) is 6.01. The number of fused-ring (bicyclic) bond motifs is 2. The molecule has 3 N–H and O–H groups in total. The molecule has 0 aliphatic heterocycles. The van der Waals surface area contributed by atoms with E-state index < -0.39 is 12.2 Å². The van der Waals surface area contributed by atoms with E-state index >= 15 is 0 Å². The molecule has 7 nitrogen and oxygen atoms in total. The zero-order valence-corrected chi connectivity index (χ0v) is 17.8. The Hall–Kier alpha value is -1.49. The molecule has 28 heavy (non-hydrogen) atoms. The summed E-state index contributed by atoms with van der Waals surface area (Å²) >= 11 is 8.47. The summed E-state index contributed by atoms with van der Waals surface area (Å²) in [5.41, 5.74) is 2.14. The minimum Gasteiger partial charge on any atom is -0.390 e. The summed E-state index contributed by atoms with van der Waals surface area (Å²) in [5.74, 6) is 0.940. The van der Waals surface area contributed by atoms with Crippen molar-refractivity contribution in [2.45, 2.75) is 38.1 Å². The largest absolute Gasteiger partial charge is 0.390 e. The Kier molecular flexibility index (Phi) is 4.49. The number of hydrogen-bond donors (Lipinski definition) is 3. The number of benzene rings is 1. The van der Waals surface area contributed by atoms with Crippen molar-refractivity contribution >= 4 is 51.2 Å². The summed E-state index contributed by atoms with van der Waals surface area (Å²) in [7, 11) is 0. The Bertz CT molecular complexity index is 1060. The first kappa shape index (κ1) is 18.5. The fraction of sp³-hybridized carbons (Fsp3) is 0.421. The Morgan fingerprint density at radius 3 is 2.93 bits per heavy atom. The molecule has 2 aliphatic carbocycles. The molecule has 5 rings (SSSR count). The highest BCUT2D eigenvalue weighted by atomic mass is 127. The highest BCUT2D eigenvalue weighted by molar-refractivity contribution is 14.1. The monoisotopic (exact) mass is 511 g/mol. The van der Waals surface area contributed by atoms with Crippen molar-refractivity contribution < 1.29 is 10.2 Å². The lowest BCUT2D eigenvalue weighted by molar-refractivity contribution is -0.00664. The molecule has 0 spiro atoms. The fourth-order valence-corrected chi connectivity index (χ4v) is 5.25. The maximum absolute atomic E-state index is 10.4. The zero-order chi connectivity index (χ0) is 19.5. The third-order valence-corrected chi connectivity index (χ3v) is 6.85.